The molecule has 0 N–H and O–H groups in total. The normalized spacial score (nSPS) is 12.8. The molecule has 2 heteroatoms. The zero-order valence-corrected chi connectivity index (χ0v) is 37.8. The monoisotopic (exact) mass is 876 g/mol. The highest BCUT2D eigenvalue weighted by Crippen LogP contribution is 2.57. The molecule has 1 aliphatic heterocycles. The molecule has 69 heavy (non-hydrogen) atoms. The molecule has 0 amide bonds. The minimum Gasteiger partial charge on any atom is -0.310 e. The lowest BCUT2D eigenvalue weighted by Gasteiger charge is -2.35. The molecule has 0 fully saturated rings. The zero-order chi connectivity index (χ0) is 45.5. The van der Waals surface area contributed by atoms with E-state index >= 15 is 0 Å². The number of fused-ring (bicyclic) bond motifs is 11. The van der Waals surface area contributed by atoms with Gasteiger partial charge in [-0.25, -0.2) is 0 Å². The molecule has 0 unspecified atom stereocenters. The highest BCUT2D eigenvalue weighted by Gasteiger charge is 2.46. The van der Waals surface area contributed by atoms with Gasteiger partial charge in [0.2, 0.25) is 0 Å². The molecule has 14 rings (SSSR count). The molecule has 2 heterocycles. The van der Waals surface area contributed by atoms with Crippen LogP contribution in [0.1, 0.15) is 22.3 Å². The molecule has 0 radical (unpaired) electrons. The minimum atomic E-state index is -0.513. The summed E-state index contributed by atoms with van der Waals surface area (Å²) in [4.78, 5) is 2.43. The lowest BCUT2D eigenvalue weighted by Crippen LogP contribution is -2.28. The summed E-state index contributed by atoms with van der Waals surface area (Å²) < 4.78 is 2.49. The quantitative estimate of drug-likeness (QED) is 0.155. The smallest absolute Gasteiger partial charge is 0.0714 e. The molecule has 1 aliphatic carbocycles. The molecule has 0 atom stereocenters. The first-order chi connectivity index (χ1) is 34.2. The van der Waals surface area contributed by atoms with E-state index in [1.165, 1.54) is 105 Å². The van der Waals surface area contributed by atoms with Gasteiger partial charge in [0.1, 0.15) is 0 Å². The maximum absolute atomic E-state index is 2.49. The number of anilines is 3. The second-order valence-electron chi connectivity index (χ2n) is 18.4. The summed E-state index contributed by atoms with van der Waals surface area (Å²) in [7, 11) is 0. The fourth-order valence-electron chi connectivity index (χ4n) is 11.8. The number of aromatic nitrogens is 1. The summed E-state index contributed by atoms with van der Waals surface area (Å²) in [5, 5.41) is 2.56. The minimum absolute atomic E-state index is 0.513. The van der Waals surface area contributed by atoms with Crippen molar-refractivity contribution in [3.05, 3.63) is 289 Å². The highest BCUT2D eigenvalue weighted by atomic mass is 15.1. The van der Waals surface area contributed by atoms with Gasteiger partial charge in [-0.1, -0.05) is 212 Å². The van der Waals surface area contributed by atoms with Gasteiger partial charge in [-0.3, -0.25) is 0 Å². The van der Waals surface area contributed by atoms with Crippen molar-refractivity contribution in [2.45, 2.75) is 5.41 Å². The van der Waals surface area contributed by atoms with Crippen LogP contribution in [0.25, 0.3) is 83.1 Å². The second-order valence-corrected chi connectivity index (χ2v) is 18.4. The van der Waals surface area contributed by atoms with Crippen molar-refractivity contribution in [2.24, 2.45) is 0 Å². The maximum atomic E-state index is 2.49. The molecule has 1 aromatic heterocycles. The SMILES string of the molecule is c1ccc(-c2ccc(N(c3ccc(-c4ccc5c(c4)-c4ccccc4-c4cccc6c7ccccc7n-5c46)cc3)c3ccc4c(c3)C(c3ccccc3)(c3ccccc3)c3ccccc3-4)cc2)cc1. The molecular weight excluding hydrogens is 833 g/mol. The van der Waals surface area contributed by atoms with Crippen molar-refractivity contribution in [1.82, 2.24) is 4.57 Å². The van der Waals surface area contributed by atoms with E-state index in [4.69, 9.17) is 0 Å². The van der Waals surface area contributed by atoms with Crippen LogP contribution in [-0.2, 0) is 5.41 Å². The number of nitrogens with zero attached hydrogens (tertiary/aromatic N) is 2. The Morgan fingerprint density at radius 1 is 0.290 bits per heavy atom. The maximum Gasteiger partial charge on any atom is 0.0714 e. The van der Waals surface area contributed by atoms with Gasteiger partial charge in [0.05, 0.1) is 22.1 Å². The van der Waals surface area contributed by atoms with Gasteiger partial charge in [0, 0.05) is 39.0 Å². The number of hydrogen-bond acceptors (Lipinski definition) is 1. The Morgan fingerprint density at radius 3 is 1.48 bits per heavy atom. The third-order valence-electron chi connectivity index (χ3n) is 14.8. The first-order valence-corrected chi connectivity index (χ1v) is 23.9. The van der Waals surface area contributed by atoms with E-state index in [1.54, 1.807) is 0 Å². The summed E-state index contributed by atoms with van der Waals surface area (Å²) in [5.41, 5.74) is 23.8. The van der Waals surface area contributed by atoms with Gasteiger partial charge in [-0.05, 0) is 121 Å². The fourth-order valence-corrected chi connectivity index (χ4v) is 11.8. The average molecular weight is 877 g/mol. The molecule has 11 aromatic carbocycles. The Bertz CT molecular complexity index is 3880. The van der Waals surface area contributed by atoms with Crippen LogP contribution >= 0.6 is 0 Å². The third kappa shape index (κ3) is 5.92. The lowest BCUT2D eigenvalue weighted by atomic mass is 9.67. The van der Waals surface area contributed by atoms with Gasteiger partial charge in [0.25, 0.3) is 0 Å². The number of benzene rings is 11. The Balaban J connectivity index is 0.930. The Morgan fingerprint density at radius 2 is 0.783 bits per heavy atom. The van der Waals surface area contributed by atoms with Crippen molar-refractivity contribution in [3.8, 4) is 61.3 Å². The summed E-state index contributed by atoms with van der Waals surface area (Å²) in [6, 6.07) is 98.6. The predicted octanol–water partition coefficient (Wildman–Crippen LogP) is 17.6. The number of para-hydroxylation sites is 2. The van der Waals surface area contributed by atoms with Gasteiger partial charge >= 0.3 is 0 Å². The molecule has 0 bridgehead atoms. The van der Waals surface area contributed by atoms with Crippen molar-refractivity contribution in [2.75, 3.05) is 4.90 Å². The van der Waals surface area contributed by atoms with Gasteiger partial charge in [-0.2, -0.15) is 0 Å². The van der Waals surface area contributed by atoms with Gasteiger partial charge < -0.3 is 9.47 Å². The van der Waals surface area contributed by atoms with Crippen LogP contribution in [0.15, 0.2) is 267 Å². The van der Waals surface area contributed by atoms with Crippen molar-refractivity contribution < 1.29 is 0 Å². The summed E-state index contributed by atoms with van der Waals surface area (Å²) in [6.07, 6.45) is 0. The third-order valence-corrected chi connectivity index (χ3v) is 14.8. The predicted molar refractivity (Wildman–Crippen MR) is 288 cm³/mol. The van der Waals surface area contributed by atoms with Crippen molar-refractivity contribution in [1.29, 1.82) is 0 Å². The summed E-state index contributed by atoms with van der Waals surface area (Å²) in [5.74, 6) is 0. The molecule has 12 aromatic rings. The van der Waals surface area contributed by atoms with Crippen LogP contribution < -0.4 is 4.90 Å². The fraction of sp³-hybridized carbons (Fsp3) is 0.0149. The Kier molecular flexibility index (Phi) is 8.84. The van der Waals surface area contributed by atoms with E-state index < -0.39 is 5.41 Å². The van der Waals surface area contributed by atoms with Gasteiger partial charge in [0.15, 0.2) is 0 Å². The van der Waals surface area contributed by atoms with Crippen LogP contribution in [0.3, 0.4) is 0 Å². The van der Waals surface area contributed by atoms with Crippen LogP contribution in [0.4, 0.5) is 17.1 Å². The largest absolute Gasteiger partial charge is 0.310 e. The molecule has 2 aliphatic rings. The standard InChI is InChI=1S/C67H44N2/c1-4-17-45(18-5-1)46-31-36-51(37-32-46)68(53-40-41-57-56-25-12-14-29-62(56)67(63(57)44-53,49-19-6-2-7-20-49)50-21-8-3-9-22-50)52-38-33-47(34-39-52)48-35-42-65-61(43-48)55-24-11-10-23-54(55)59-27-16-28-60-58-26-13-15-30-64(58)69(65)66(59)60/h1-44H. The Labute approximate surface area is 402 Å². The van der Waals surface area contributed by atoms with E-state index in [9.17, 15) is 0 Å². The molecule has 2 nitrogen and oxygen atoms in total. The molecule has 0 saturated heterocycles. The van der Waals surface area contributed by atoms with E-state index in [1.807, 2.05) is 0 Å². The summed E-state index contributed by atoms with van der Waals surface area (Å²) >= 11 is 0. The molecule has 0 spiro atoms. The molecule has 0 saturated carbocycles. The average Bonchev–Trinajstić information content (AvgIpc) is 3.88. The first kappa shape index (κ1) is 39.2. The van der Waals surface area contributed by atoms with Crippen LogP contribution in [0, 0.1) is 0 Å². The van der Waals surface area contributed by atoms with E-state index in [2.05, 4.69) is 276 Å². The van der Waals surface area contributed by atoms with Crippen molar-refractivity contribution >= 4 is 38.9 Å². The number of hydrogen-bond donors (Lipinski definition) is 0. The van der Waals surface area contributed by atoms with E-state index in [0.717, 1.165) is 17.1 Å². The summed E-state index contributed by atoms with van der Waals surface area (Å²) in [6.45, 7) is 0. The van der Waals surface area contributed by atoms with Crippen molar-refractivity contribution in [3.63, 3.8) is 0 Å². The Hall–Kier alpha value is -8.98. The molecular formula is C67H44N2. The van der Waals surface area contributed by atoms with Crippen LogP contribution in [0.5, 0.6) is 0 Å². The second kappa shape index (κ2) is 15.6. The topological polar surface area (TPSA) is 8.17 Å². The van der Waals surface area contributed by atoms with Crippen LogP contribution in [0.2, 0.25) is 0 Å². The van der Waals surface area contributed by atoms with Gasteiger partial charge in [-0.15, -0.1) is 0 Å². The van der Waals surface area contributed by atoms with E-state index in [-0.39, 0.29) is 0 Å². The first-order valence-electron chi connectivity index (χ1n) is 23.9. The van der Waals surface area contributed by atoms with Crippen LogP contribution in [-0.4, -0.2) is 4.57 Å². The van der Waals surface area contributed by atoms with E-state index in [0.29, 0.717) is 0 Å². The lowest BCUT2D eigenvalue weighted by molar-refractivity contribution is 0.768. The number of rotatable bonds is 7. The zero-order valence-electron chi connectivity index (χ0n) is 37.8. The highest BCUT2D eigenvalue weighted by molar-refractivity contribution is 6.16. The molecule has 322 valence electrons.